The first kappa shape index (κ1) is 97.7. The lowest BCUT2D eigenvalue weighted by atomic mass is 9.97. The van der Waals surface area contributed by atoms with Gasteiger partial charge in [0, 0.05) is 72.2 Å². The summed E-state index contributed by atoms with van der Waals surface area (Å²) in [5.41, 5.74) is 29.4. The molecule has 0 saturated carbocycles. The van der Waals surface area contributed by atoms with Crippen LogP contribution in [0.15, 0.2) is 97.2 Å². The number of carboxylic acids is 1. The van der Waals surface area contributed by atoms with E-state index in [9.17, 15) is 67.7 Å². The average Bonchev–Trinajstić information content (AvgIpc) is 1.75. The molecule has 0 spiro atoms. The van der Waals surface area contributed by atoms with Crippen molar-refractivity contribution in [1.29, 1.82) is 0 Å². The highest BCUT2D eigenvalue weighted by molar-refractivity contribution is 7.82. The zero-order chi connectivity index (χ0) is 88.9. The molecule has 40 heteroatoms. The summed E-state index contributed by atoms with van der Waals surface area (Å²) in [6.45, 7) is 13.1. The van der Waals surface area contributed by atoms with Gasteiger partial charge < -0.3 is 112 Å². The molecule has 119 heavy (non-hydrogen) atoms. The fraction of sp³-hybridized carbons (Fsp3) is 0.481. The monoisotopic (exact) mass is 1690 g/mol. The highest BCUT2D eigenvalue weighted by atomic mass is 32.1. The average molecular weight is 1700 g/mol. The summed E-state index contributed by atoms with van der Waals surface area (Å²) in [6.07, 6.45) is -5.39. The molecule has 0 unspecified atom stereocenters. The molecule has 0 bridgehead atoms. The zero-order valence-corrected chi connectivity index (χ0v) is 69.3. The Kier molecular flexibility index (Phi) is 37.5. The number of hydrogen-bond donors (Lipinski definition) is 22. The number of carbonyl (C=O) groups excluding carboxylic acids is 16. The van der Waals surface area contributed by atoms with Gasteiger partial charge in [0.1, 0.15) is 84.9 Å². The summed E-state index contributed by atoms with van der Waals surface area (Å²) in [4.78, 5) is 237. The molecular formula is C79H110N18O20S2. The van der Waals surface area contributed by atoms with Gasteiger partial charge in [0.15, 0.2) is 0 Å². The van der Waals surface area contributed by atoms with E-state index >= 15 is 24.0 Å². The topological polar surface area (TPSA) is 630 Å². The first-order valence-electron chi connectivity index (χ1n) is 38.3. The predicted molar refractivity (Wildman–Crippen MR) is 443 cm³/mol. The van der Waals surface area contributed by atoms with Gasteiger partial charge in [-0.1, -0.05) is 86.6 Å². The summed E-state index contributed by atoms with van der Waals surface area (Å²) in [5.74, 6) is -18.1. The maximum absolute atomic E-state index is 15.5. The third-order valence-electron chi connectivity index (χ3n) is 18.8. The van der Waals surface area contributed by atoms with Crippen LogP contribution >= 0.6 is 25.3 Å². The minimum atomic E-state index is -1.98. The van der Waals surface area contributed by atoms with Gasteiger partial charge in [-0.25, -0.2) is 0 Å². The van der Waals surface area contributed by atoms with Crippen molar-refractivity contribution in [3.63, 3.8) is 0 Å². The molecule has 38 nitrogen and oxygen atoms in total. The number of hydrogen-bond acceptors (Lipinski definition) is 22. The molecule has 0 saturated heterocycles. The number of thiol groups is 2. The SMILES string of the molecule is CC(=O)N[C@H](C(=O)N[C@@H](CC(N)=O)C(=O)N[C@H](C(=O)N[C@@H](Cc1c[nH]c2ccccc12)C(=O)N[C@@H](CCC(N)=O)C(=O)N[C@H](C(=O)N[C@@H](Cc1ccc(OCCN)cc1)C(=O)N[C@@H](Cc1ccc2ccccc2c1)C(=O)N[C@@H](CCC(C)C)C(=O)N[C@@H](CCC(=O)O)C(=O)N[C@@H](CC(N)=O)C(=O)N[C@@H](C)C(N)=O)C(C)(C)S)[C@@H](C)O)C(C)(C)S. The number of ether oxygens (including phenoxy) is 1. The number of aliphatic hydroxyl groups excluding tert-OH is 1. The molecule has 1 heterocycles. The molecule has 1 aromatic heterocycles. The molecule has 25 N–H and O–H groups in total. The van der Waals surface area contributed by atoms with E-state index in [1.165, 1.54) is 40.8 Å². The van der Waals surface area contributed by atoms with Crippen molar-refractivity contribution in [2.45, 2.75) is 221 Å². The van der Waals surface area contributed by atoms with E-state index < -0.39 is 227 Å². The molecule has 5 rings (SSSR count). The Morgan fingerprint density at radius 2 is 0.882 bits per heavy atom. The van der Waals surface area contributed by atoms with Crippen molar-refractivity contribution in [2.24, 2.45) is 34.6 Å². The van der Waals surface area contributed by atoms with Crippen molar-refractivity contribution in [3.05, 3.63) is 114 Å². The lowest BCUT2D eigenvalue weighted by Crippen LogP contribution is -2.64. The van der Waals surface area contributed by atoms with Gasteiger partial charge in [0.25, 0.3) is 0 Å². The second-order valence-corrected chi connectivity index (χ2v) is 32.7. The van der Waals surface area contributed by atoms with Crippen LogP contribution in [-0.2, 0) is 101 Å². The smallest absolute Gasteiger partial charge is 0.303 e. The Balaban J connectivity index is 1.56. The van der Waals surface area contributed by atoms with Crippen molar-refractivity contribution >= 4 is 147 Å². The Morgan fingerprint density at radius 1 is 0.454 bits per heavy atom. The highest BCUT2D eigenvalue weighted by Gasteiger charge is 2.42. The van der Waals surface area contributed by atoms with Crippen LogP contribution in [0.2, 0.25) is 0 Å². The molecule has 4 aromatic carbocycles. The predicted octanol–water partition coefficient (Wildman–Crippen LogP) is -2.86. The second-order valence-electron chi connectivity index (χ2n) is 30.4. The van der Waals surface area contributed by atoms with Crippen LogP contribution in [0.25, 0.3) is 21.7 Å². The second kappa shape index (κ2) is 45.7. The largest absolute Gasteiger partial charge is 0.492 e. The summed E-state index contributed by atoms with van der Waals surface area (Å²) < 4.78 is 2.82. The summed E-state index contributed by atoms with van der Waals surface area (Å²) in [7, 11) is 0. The molecule has 0 fully saturated rings. The van der Waals surface area contributed by atoms with Crippen molar-refractivity contribution < 1.29 is 96.5 Å². The van der Waals surface area contributed by atoms with Gasteiger partial charge >= 0.3 is 5.97 Å². The molecule has 0 radical (unpaired) electrons. The van der Waals surface area contributed by atoms with Crippen molar-refractivity contribution in [2.75, 3.05) is 13.2 Å². The number of nitrogens with one attached hydrogen (secondary N) is 13. The Morgan fingerprint density at radius 3 is 1.39 bits per heavy atom. The Labute approximate surface area is 697 Å². The van der Waals surface area contributed by atoms with Crippen LogP contribution < -0.4 is 97.2 Å². The Bertz CT molecular complexity index is 4490. The molecular weight excluding hydrogens is 1590 g/mol. The van der Waals surface area contributed by atoms with E-state index in [4.69, 9.17) is 46.0 Å². The maximum atomic E-state index is 15.5. The van der Waals surface area contributed by atoms with Crippen LogP contribution in [0.5, 0.6) is 5.75 Å². The van der Waals surface area contributed by atoms with E-state index in [0.717, 1.165) is 19.2 Å². The summed E-state index contributed by atoms with van der Waals surface area (Å²) >= 11 is 9.13. The molecule has 5 aromatic rings. The van der Waals surface area contributed by atoms with E-state index in [1.807, 2.05) is 19.9 Å². The number of aliphatic carboxylic acids is 1. The zero-order valence-electron chi connectivity index (χ0n) is 67.5. The highest BCUT2D eigenvalue weighted by Crippen LogP contribution is 2.25. The molecule has 648 valence electrons. The summed E-state index contributed by atoms with van der Waals surface area (Å²) in [5, 5.41) is 52.8. The van der Waals surface area contributed by atoms with Crippen LogP contribution in [0.1, 0.15) is 130 Å². The van der Waals surface area contributed by atoms with Gasteiger partial charge in [-0.2, -0.15) is 25.3 Å². The number of benzene rings is 4. The number of amides is 16. The molecule has 0 aliphatic rings. The number of aromatic amines is 1. The lowest BCUT2D eigenvalue weighted by Gasteiger charge is -2.33. The van der Waals surface area contributed by atoms with Crippen molar-refractivity contribution in [3.8, 4) is 5.75 Å². The number of para-hydroxylation sites is 1. The molecule has 0 aliphatic heterocycles. The summed E-state index contributed by atoms with van der Waals surface area (Å²) in [6, 6.07) is 5.16. The van der Waals surface area contributed by atoms with Gasteiger partial charge in [0.05, 0.1) is 18.9 Å². The third kappa shape index (κ3) is 32.1. The normalized spacial score (nSPS) is 14.7. The number of nitrogens with two attached hydrogens (primary N) is 5. The van der Waals surface area contributed by atoms with E-state index in [1.54, 1.807) is 84.9 Å². The van der Waals surface area contributed by atoms with Gasteiger partial charge in [-0.05, 0) is 119 Å². The van der Waals surface area contributed by atoms with Gasteiger partial charge in [-0.3, -0.25) is 81.5 Å². The minimum Gasteiger partial charge on any atom is -0.492 e. The first-order chi connectivity index (χ1) is 55.7. The standard InChI is InChI=1S/C79H110N18O20S2/c1-39(2)18-25-51(67(106)88-53(27-29-62(103)104)68(107)92-57(36-60(82)101)70(109)86-40(3)66(84)105)89-71(110)55(34-44-19-22-45-14-10-11-15-46(45)32-44)91-72(111)54(33-43-20-23-48(24-21-43)117-31-30-80)94-77(116)65(79(8,9)119)97-69(108)52(26-28-59(81)100)90-73(112)56(35-47-38-85-50-17-13-12-16-49(47)50)93-75(114)63(41(4)98)96-74(113)58(37-61(83)102)95-76(115)64(78(6,7)118)87-42(5)99/h10-17,19-24,32,38-41,51-58,63-65,85,98,118-119H,18,25-31,33-37,80H2,1-9H3,(H2,81,100)(H2,82,101)(H2,83,102)(H2,84,105)(H,86,109)(H,87,99)(H,88,106)(H,89,110)(H,90,112)(H,91,111)(H,92,107)(H,93,114)(H,94,116)(H,95,115)(H,96,113)(H,97,108)(H,103,104)/t40-,41+,51-,52-,53-,54-,55-,56-,57-,58-,63-,64+,65+/m0/s1. The maximum Gasteiger partial charge on any atom is 0.303 e. The Hall–Kier alpha value is -11.9. The third-order valence-corrected chi connectivity index (χ3v) is 19.3. The number of carboxylic acid groups (broad SMARTS) is 1. The minimum absolute atomic E-state index is 0.127. The lowest BCUT2D eigenvalue weighted by molar-refractivity contribution is -0.139. The number of fused-ring (bicyclic) bond motifs is 2. The van der Waals surface area contributed by atoms with Crippen molar-refractivity contribution in [1.82, 2.24) is 68.8 Å². The van der Waals surface area contributed by atoms with E-state index in [0.29, 0.717) is 38.7 Å². The van der Waals surface area contributed by atoms with Gasteiger partial charge in [-0.15, -0.1) is 0 Å². The first-order valence-corrected chi connectivity index (χ1v) is 39.2. The van der Waals surface area contributed by atoms with Crippen LogP contribution in [0.3, 0.4) is 0 Å². The molecule has 13 atom stereocenters. The number of rotatable bonds is 49. The number of H-pyrrole nitrogens is 1. The number of aliphatic hydroxyl groups is 1. The number of carbonyl (C=O) groups is 17. The van der Waals surface area contributed by atoms with Crippen LogP contribution in [-0.4, -0.2) is 217 Å². The quantitative estimate of drug-likeness (QED) is 0.0174. The van der Waals surface area contributed by atoms with E-state index in [-0.39, 0.29) is 51.2 Å². The van der Waals surface area contributed by atoms with E-state index in [2.05, 4.69) is 81.4 Å². The fourth-order valence-electron chi connectivity index (χ4n) is 12.3. The van der Waals surface area contributed by atoms with Gasteiger partial charge in [0.2, 0.25) is 94.5 Å². The number of aromatic nitrogens is 1. The van der Waals surface area contributed by atoms with Crippen LogP contribution in [0.4, 0.5) is 0 Å². The van der Waals surface area contributed by atoms with Crippen LogP contribution in [0, 0.1) is 5.92 Å². The molecule has 16 amide bonds. The fourth-order valence-corrected chi connectivity index (χ4v) is 12.7. The molecule has 0 aliphatic carbocycles. The number of primary amides is 4.